The minimum Gasteiger partial charge on any atom is -0.361 e. The number of hydrogen-bond donors (Lipinski definition) is 2. The number of thiophene rings is 1. The summed E-state index contributed by atoms with van der Waals surface area (Å²) in [6.45, 7) is 1.11. The maximum absolute atomic E-state index is 8.26. The van der Waals surface area contributed by atoms with Crippen molar-refractivity contribution in [2.45, 2.75) is 19.3 Å². The second kappa shape index (κ2) is 7.11. The van der Waals surface area contributed by atoms with Crippen LogP contribution < -0.4 is 0 Å². The highest BCUT2D eigenvalue weighted by Gasteiger charge is 2.08. The van der Waals surface area contributed by atoms with Crippen molar-refractivity contribution < 1.29 is 0 Å². The molecule has 0 atom stereocenters. The van der Waals surface area contributed by atoms with Crippen molar-refractivity contribution in [3.63, 3.8) is 0 Å². The van der Waals surface area contributed by atoms with Crippen LogP contribution in [0.2, 0.25) is 0 Å². The molecule has 0 saturated heterocycles. The first-order valence-electron chi connectivity index (χ1n) is 7.98. The van der Waals surface area contributed by atoms with Gasteiger partial charge in [-0.1, -0.05) is 12.1 Å². The number of nitrogens with zero attached hydrogens (tertiary/aromatic N) is 1. The Bertz CT molecular complexity index is 784. The monoisotopic (exact) mass is 325 g/mol. The molecule has 0 bridgehead atoms. The van der Waals surface area contributed by atoms with Gasteiger partial charge in [0.05, 0.1) is 5.71 Å². The SMILES string of the molecule is CN(C)CCCc1c[nH]c2ccc(CC(=N)c3cccs3)cc12. The highest BCUT2D eigenvalue weighted by molar-refractivity contribution is 7.12. The summed E-state index contributed by atoms with van der Waals surface area (Å²) in [5.41, 5.74) is 4.48. The molecule has 2 aromatic heterocycles. The van der Waals surface area contributed by atoms with Gasteiger partial charge in [0, 0.05) is 28.4 Å². The van der Waals surface area contributed by atoms with Gasteiger partial charge in [-0.05, 0) is 68.2 Å². The maximum Gasteiger partial charge on any atom is 0.0529 e. The summed E-state index contributed by atoms with van der Waals surface area (Å²) in [6.07, 6.45) is 5.08. The Labute approximate surface area is 141 Å². The minimum atomic E-state index is 0.693. The summed E-state index contributed by atoms with van der Waals surface area (Å²) in [6, 6.07) is 10.5. The molecule has 0 amide bonds. The molecule has 0 radical (unpaired) electrons. The lowest BCUT2D eigenvalue weighted by Gasteiger charge is -2.08. The Morgan fingerprint density at radius 2 is 2.13 bits per heavy atom. The number of aromatic nitrogens is 1. The number of aryl methyl sites for hydroxylation is 1. The molecule has 0 fully saturated rings. The zero-order valence-electron chi connectivity index (χ0n) is 13.7. The van der Waals surface area contributed by atoms with Crippen LogP contribution in [0.4, 0.5) is 0 Å². The molecule has 3 nitrogen and oxygen atoms in total. The fraction of sp³-hybridized carbons (Fsp3) is 0.316. The number of H-pyrrole nitrogens is 1. The summed E-state index contributed by atoms with van der Waals surface area (Å²) >= 11 is 1.64. The lowest BCUT2D eigenvalue weighted by molar-refractivity contribution is 0.400. The average Bonchev–Trinajstić information content (AvgIpc) is 3.17. The van der Waals surface area contributed by atoms with Gasteiger partial charge < -0.3 is 15.3 Å². The molecular weight excluding hydrogens is 302 g/mol. The number of nitrogens with one attached hydrogen (secondary N) is 2. The number of aromatic amines is 1. The van der Waals surface area contributed by atoms with Crippen molar-refractivity contribution in [2.75, 3.05) is 20.6 Å². The maximum atomic E-state index is 8.26. The van der Waals surface area contributed by atoms with Gasteiger partial charge in [-0.3, -0.25) is 0 Å². The molecule has 0 unspecified atom stereocenters. The van der Waals surface area contributed by atoms with E-state index in [2.05, 4.69) is 48.4 Å². The Kier molecular flexibility index (Phi) is 4.94. The summed E-state index contributed by atoms with van der Waals surface area (Å²) in [7, 11) is 4.23. The molecule has 0 aliphatic heterocycles. The lowest BCUT2D eigenvalue weighted by atomic mass is 10.0. The molecule has 120 valence electrons. The fourth-order valence-electron chi connectivity index (χ4n) is 2.87. The smallest absolute Gasteiger partial charge is 0.0529 e. The topological polar surface area (TPSA) is 42.9 Å². The van der Waals surface area contributed by atoms with E-state index >= 15 is 0 Å². The standard InChI is InChI=1S/C19H23N3S/c1-22(2)9-3-5-15-13-21-18-8-7-14(11-16(15)18)12-17(20)19-6-4-10-23-19/h4,6-8,10-11,13,20-21H,3,5,9,12H2,1-2H3. The van der Waals surface area contributed by atoms with Crippen LogP contribution in [-0.4, -0.2) is 36.2 Å². The molecule has 23 heavy (non-hydrogen) atoms. The quantitative estimate of drug-likeness (QED) is 0.624. The van der Waals surface area contributed by atoms with Gasteiger partial charge in [-0.25, -0.2) is 0 Å². The van der Waals surface area contributed by atoms with Crippen molar-refractivity contribution >= 4 is 28.0 Å². The van der Waals surface area contributed by atoms with Crippen LogP contribution in [0, 0.1) is 5.41 Å². The van der Waals surface area contributed by atoms with E-state index in [1.54, 1.807) is 11.3 Å². The number of rotatable bonds is 7. The van der Waals surface area contributed by atoms with Crippen LogP contribution in [0.3, 0.4) is 0 Å². The summed E-state index contributed by atoms with van der Waals surface area (Å²) in [5, 5.41) is 11.6. The van der Waals surface area contributed by atoms with E-state index in [0.29, 0.717) is 12.1 Å². The van der Waals surface area contributed by atoms with Crippen molar-refractivity contribution in [3.8, 4) is 0 Å². The normalized spacial score (nSPS) is 11.4. The second-order valence-corrected chi connectivity index (χ2v) is 7.18. The number of fused-ring (bicyclic) bond motifs is 1. The summed E-state index contributed by atoms with van der Waals surface area (Å²) in [4.78, 5) is 6.65. The lowest BCUT2D eigenvalue weighted by Crippen LogP contribution is -2.13. The van der Waals surface area contributed by atoms with Crippen molar-refractivity contribution in [1.29, 1.82) is 5.41 Å². The largest absolute Gasteiger partial charge is 0.361 e. The zero-order valence-corrected chi connectivity index (χ0v) is 14.5. The molecule has 3 aromatic rings. The first kappa shape index (κ1) is 16.0. The van der Waals surface area contributed by atoms with Crippen LogP contribution >= 0.6 is 11.3 Å². The van der Waals surface area contributed by atoms with Gasteiger partial charge in [0.2, 0.25) is 0 Å². The number of benzene rings is 1. The third-order valence-corrected chi connectivity index (χ3v) is 5.01. The number of hydrogen-bond acceptors (Lipinski definition) is 3. The van der Waals surface area contributed by atoms with Crippen molar-refractivity contribution in [3.05, 3.63) is 57.9 Å². The van der Waals surface area contributed by atoms with Gasteiger partial charge >= 0.3 is 0 Å². The van der Waals surface area contributed by atoms with Crippen LogP contribution in [0.1, 0.15) is 22.4 Å². The molecule has 0 aliphatic rings. The summed E-state index contributed by atoms with van der Waals surface area (Å²) in [5.74, 6) is 0. The molecule has 0 spiro atoms. The Balaban J connectivity index is 1.76. The van der Waals surface area contributed by atoms with Crippen LogP contribution in [0.15, 0.2) is 41.9 Å². The third-order valence-electron chi connectivity index (χ3n) is 4.08. The van der Waals surface area contributed by atoms with Crippen molar-refractivity contribution in [1.82, 2.24) is 9.88 Å². The molecule has 0 aliphatic carbocycles. The predicted octanol–water partition coefficient (Wildman–Crippen LogP) is 4.33. The second-order valence-electron chi connectivity index (χ2n) is 6.23. The molecule has 4 heteroatoms. The van der Waals surface area contributed by atoms with Crippen LogP contribution in [-0.2, 0) is 12.8 Å². The first-order valence-corrected chi connectivity index (χ1v) is 8.86. The Morgan fingerprint density at radius 3 is 2.87 bits per heavy atom. The molecule has 1 aromatic carbocycles. The Hall–Kier alpha value is -1.91. The van der Waals surface area contributed by atoms with E-state index in [-0.39, 0.29) is 0 Å². The molecule has 2 N–H and O–H groups in total. The van der Waals surface area contributed by atoms with Crippen LogP contribution in [0.25, 0.3) is 10.9 Å². The fourth-order valence-corrected chi connectivity index (χ4v) is 3.54. The van der Waals surface area contributed by atoms with Gasteiger partial charge in [0.15, 0.2) is 0 Å². The van der Waals surface area contributed by atoms with Gasteiger partial charge in [0.25, 0.3) is 0 Å². The highest BCUT2D eigenvalue weighted by atomic mass is 32.1. The molecule has 0 saturated carbocycles. The zero-order chi connectivity index (χ0) is 16.2. The van der Waals surface area contributed by atoms with Gasteiger partial charge in [-0.15, -0.1) is 11.3 Å². The van der Waals surface area contributed by atoms with E-state index in [1.807, 2.05) is 17.5 Å². The molecule has 3 rings (SSSR count). The molecule has 2 heterocycles. The van der Waals surface area contributed by atoms with E-state index in [1.165, 1.54) is 22.0 Å². The van der Waals surface area contributed by atoms with E-state index in [9.17, 15) is 0 Å². The van der Waals surface area contributed by atoms with Gasteiger partial charge in [0.1, 0.15) is 0 Å². The predicted molar refractivity (Wildman–Crippen MR) is 100 cm³/mol. The van der Waals surface area contributed by atoms with Gasteiger partial charge in [-0.2, -0.15) is 0 Å². The van der Waals surface area contributed by atoms with Crippen molar-refractivity contribution in [2.24, 2.45) is 0 Å². The van der Waals surface area contributed by atoms with E-state index in [4.69, 9.17) is 5.41 Å². The van der Waals surface area contributed by atoms with E-state index < -0.39 is 0 Å². The minimum absolute atomic E-state index is 0.693. The summed E-state index contributed by atoms with van der Waals surface area (Å²) < 4.78 is 0. The third kappa shape index (κ3) is 3.89. The average molecular weight is 325 g/mol. The highest BCUT2D eigenvalue weighted by Crippen LogP contribution is 2.22. The Morgan fingerprint density at radius 1 is 1.26 bits per heavy atom. The first-order chi connectivity index (χ1) is 11.1. The molecular formula is C19H23N3S. The van der Waals surface area contributed by atoms with E-state index in [0.717, 1.165) is 24.3 Å². The van der Waals surface area contributed by atoms with Crippen LogP contribution in [0.5, 0.6) is 0 Å².